The maximum absolute atomic E-state index is 6.47. The van der Waals surface area contributed by atoms with Gasteiger partial charge < -0.3 is 9.31 Å². The molecule has 1 heterocycles. The van der Waals surface area contributed by atoms with E-state index in [0.29, 0.717) is 0 Å². The molecule has 3 aliphatic carbocycles. The molecular formula is C33H37BO2. The minimum atomic E-state index is -0.346. The van der Waals surface area contributed by atoms with Crippen molar-refractivity contribution in [2.45, 2.75) is 95.7 Å². The Morgan fingerprint density at radius 2 is 1.22 bits per heavy atom. The van der Waals surface area contributed by atoms with E-state index in [1.54, 1.807) is 11.1 Å². The van der Waals surface area contributed by atoms with E-state index in [2.05, 4.69) is 96.1 Å². The van der Waals surface area contributed by atoms with Gasteiger partial charge in [0.2, 0.25) is 0 Å². The maximum Gasteiger partial charge on any atom is 0.494 e. The molecule has 0 unspecified atom stereocenters. The highest BCUT2D eigenvalue weighted by molar-refractivity contribution is 6.62. The van der Waals surface area contributed by atoms with Gasteiger partial charge in [-0.2, -0.15) is 0 Å². The Bertz CT molecular complexity index is 1390. The summed E-state index contributed by atoms with van der Waals surface area (Å²) in [7, 11) is -0.346. The van der Waals surface area contributed by atoms with Crippen LogP contribution in [0, 0.1) is 0 Å². The molecule has 0 radical (unpaired) electrons. The van der Waals surface area contributed by atoms with Crippen molar-refractivity contribution in [3.63, 3.8) is 0 Å². The van der Waals surface area contributed by atoms with Crippen molar-refractivity contribution in [2.24, 2.45) is 0 Å². The van der Waals surface area contributed by atoms with E-state index in [0.717, 1.165) is 5.46 Å². The molecule has 3 aromatic rings. The van der Waals surface area contributed by atoms with E-state index < -0.39 is 0 Å². The van der Waals surface area contributed by atoms with Crippen LogP contribution in [0.4, 0.5) is 0 Å². The van der Waals surface area contributed by atoms with Crippen LogP contribution in [0.25, 0.3) is 22.3 Å². The van der Waals surface area contributed by atoms with Crippen molar-refractivity contribution >= 4 is 12.6 Å². The first-order valence-electron chi connectivity index (χ1n) is 13.9. The monoisotopic (exact) mass is 476 g/mol. The summed E-state index contributed by atoms with van der Waals surface area (Å²) < 4.78 is 12.9. The first kappa shape index (κ1) is 22.8. The SMILES string of the molecule is CC1(C)c2ccc(B3OC(C)(C)C(C)(C)O3)cc2-c2c1ccc1c2-c2ccccc2C12CCCCC2. The van der Waals surface area contributed by atoms with Crippen LogP contribution >= 0.6 is 0 Å². The average Bonchev–Trinajstić information content (AvgIpc) is 3.35. The lowest BCUT2D eigenvalue weighted by Gasteiger charge is -2.36. The van der Waals surface area contributed by atoms with Crippen molar-refractivity contribution in [3.05, 3.63) is 76.9 Å². The van der Waals surface area contributed by atoms with Crippen LogP contribution in [0.3, 0.4) is 0 Å². The van der Waals surface area contributed by atoms with E-state index in [1.165, 1.54) is 65.5 Å². The molecule has 1 spiro atoms. The van der Waals surface area contributed by atoms with Gasteiger partial charge >= 0.3 is 7.12 Å². The van der Waals surface area contributed by atoms with Gasteiger partial charge in [0.15, 0.2) is 0 Å². The van der Waals surface area contributed by atoms with Crippen LogP contribution in [0.1, 0.15) is 95.9 Å². The molecule has 184 valence electrons. The zero-order valence-electron chi connectivity index (χ0n) is 22.6. The first-order chi connectivity index (χ1) is 17.1. The van der Waals surface area contributed by atoms with Crippen LogP contribution < -0.4 is 5.46 Å². The molecule has 3 heteroatoms. The molecule has 2 fully saturated rings. The van der Waals surface area contributed by atoms with Gasteiger partial charge in [0.05, 0.1) is 11.2 Å². The highest BCUT2D eigenvalue weighted by Crippen LogP contribution is 2.61. The minimum Gasteiger partial charge on any atom is -0.399 e. The highest BCUT2D eigenvalue weighted by atomic mass is 16.7. The third kappa shape index (κ3) is 2.77. The fourth-order valence-electron chi connectivity index (χ4n) is 7.62. The molecule has 1 saturated carbocycles. The Kier molecular flexibility index (Phi) is 4.53. The van der Waals surface area contributed by atoms with E-state index in [1.807, 2.05) is 0 Å². The lowest BCUT2D eigenvalue weighted by Crippen LogP contribution is -2.41. The van der Waals surface area contributed by atoms with Gasteiger partial charge in [0.25, 0.3) is 0 Å². The molecule has 2 nitrogen and oxygen atoms in total. The minimum absolute atomic E-state index is 0.0363. The molecule has 0 atom stereocenters. The van der Waals surface area contributed by atoms with Gasteiger partial charge in [-0.15, -0.1) is 0 Å². The third-order valence-electron chi connectivity index (χ3n) is 10.3. The summed E-state index contributed by atoms with van der Waals surface area (Å²) in [5.74, 6) is 0. The Labute approximate surface area is 216 Å². The topological polar surface area (TPSA) is 18.5 Å². The average molecular weight is 476 g/mol. The van der Waals surface area contributed by atoms with Crippen LogP contribution in [0.2, 0.25) is 0 Å². The maximum atomic E-state index is 6.47. The Hall–Kier alpha value is -2.36. The van der Waals surface area contributed by atoms with Gasteiger partial charge in [-0.3, -0.25) is 0 Å². The van der Waals surface area contributed by atoms with E-state index in [9.17, 15) is 0 Å². The van der Waals surface area contributed by atoms with Crippen molar-refractivity contribution in [1.29, 1.82) is 0 Å². The fourth-order valence-corrected chi connectivity index (χ4v) is 7.62. The molecule has 7 rings (SSSR count). The van der Waals surface area contributed by atoms with Gasteiger partial charge in [0, 0.05) is 10.8 Å². The van der Waals surface area contributed by atoms with Gasteiger partial charge in [-0.05, 0) is 90.5 Å². The van der Waals surface area contributed by atoms with E-state index in [4.69, 9.17) is 9.31 Å². The Balaban J connectivity index is 1.46. The molecule has 36 heavy (non-hydrogen) atoms. The molecule has 0 amide bonds. The molecule has 0 aromatic heterocycles. The summed E-state index contributed by atoms with van der Waals surface area (Å²) in [6, 6.07) is 21.1. The largest absolute Gasteiger partial charge is 0.494 e. The molecular weight excluding hydrogens is 439 g/mol. The molecule has 0 N–H and O–H groups in total. The second-order valence-corrected chi connectivity index (χ2v) is 13.1. The number of rotatable bonds is 1. The molecule has 0 bridgehead atoms. The predicted molar refractivity (Wildman–Crippen MR) is 149 cm³/mol. The van der Waals surface area contributed by atoms with Crippen molar-refractivity contribution in [3.8, 4) is 22.3 Å². The summed E-state index contributed by atoms with van der Waals surface area (Å²) in [6.07, 6.45) is 6.52. The predicted octanol–water partition coefficient (Wildman–Crippen LogP) is 7.52. The summed E-state index contributed by atoms with van der Waals surface area (Å²) >= 11 is 0. The molecule has 1 saturated heterocycles. The van der Waals surface area contributed by atoms with Crippen LogP contribution in [-0.4, -0.2) is 18.3 Å². The lowest BCUT2D eigenvalue weighted by molar-refractivity contribution is 0.00578. The Morgan fingerprint density at radius 3 is 1.94 bits per heavy atom. The van der Waals surface area contributed by atoms with E-state index in [-0.39, 0.29) is 29.2 Å². The smallest absolute Gasteiger partial charge is 0.399 e. The van der Waals surface area contributed by atoms with E-state index >= 15 is 0 Å². The number of hydrogen-bond acceptors (Lipinski definition) is 2. The summed E-state index contributed by atoms with van der Waals surface area (Å²) in [5.41, 5.74) is 12.3. The Morgan fingerprint density at radius 1 is 0.611 bits per heavy atom. The second-order valence-electron chi connectivity index (χ2n) is 13.1. The van der Waals surface area contributed by atoms with Gasteiger partial charge in [-0.25, -0.2) is 0 Å². The number of benzene rings is 3. The number of fused-ring (bicyclic) bond motifs is 9. The standard InChI is InChI=1S/C33H37BO2/c1-30(2)24-15-14-21(34-35-31(3,4)32(5,6)36-34)20-23(24)29-26(30)16-17-27-28(29)22-12-8-9-13-25(22)33(27)18-10-7-11-19-33/h8-9,12-17,20H,7,10-11,18-19H2,1-6H3. The van der Waals surface area contributed by atoms with Crippen LogP contribution in [0.15, 0.2) is 54.6 Å². The third-order valence-corrected chi connectivity index (χ3v) is 10.3. The normalized spacial score (nSPS) is 23.3. The lowest BCUT2D eigenvalue weighted by atomic mass is 9.67. The second kappa shape index (κ2) is 7.14. The summed E-state index contributed by atoms with van der Waals surface area (Å²) in [6.45, 7) is 13.3. The van der Waals surface area contributed by atoms with Crippen molar-refractivity contribution < 1.29 is 9.31 Å². The van der Waals surface area contributed by atoms with Crippen LogP contribution in [-0.2, 0) is 20.1 Å². The zero-order valence-corrected chi connectivity index (χ0v) is 22.6. The first-order valence-corrected chi connectivity index (χ1v) is 13.9. The highest BCUT2D eigenvalue weighted by Gasteiger charge is 2.52. The fraction of sp³-hybridized carbons (Fsp3) is 0.455. The van der Waals surface area contributed by atoms with Gasteiger partial charge in [0.1, 0.15) is 0 Å². The quantitative estimate of drug-likeness (QED) is 0.338. The van der Waals surface area contributed by atoms with Crippen molar-refractivity contribution in [1.82, 2.24) is 0 Å². The van der Waals surface area contributed by atoms with Crippen molar-refractivity contribution in [2.75, 3.05) is 0 Å². The molecule has 4 aliphatic rings. The molecule has 3 aromatic carbocycles. The van der Waals surface area contributed by atoms with Crippen LogP contribution in [0.5, 0.6) is 0 Å². The zero-order chi connectivity index (χ0) is 25.1. The molecule has 1 aliphatic heterocycles. The van der Waals surface area contributed by atoms with Gasteiger partial charge in [-0.1, -0.05) is 87.7 Å². The summed E-state index contributed by atoms with van der Waals surface area (Å²) in [4.78, 5) is 0. The summed E-state index contributed by atoms with van der Waals surface area (Å²) in [5, 5.41) is 0. The number of hydrogen-bond donors (Lipinski definition) is 0.